The first kappa shape index (κ1) is 10.8. The van der Waals surface area contributed by atoms with E-state index >= 15 is 0 Å². The largest absolute Gasteiger partial charge is 0.435 e. The lowest BCUT2D eigenvalue weighted by atomic mass is 10.2. The SMILES string of the molecule is O=Nc1c(-c2cccs2)n[nH]c1C(F)(F)F. The number of alkyl halides is 3. The van der Waals surface area contributed by atoms with Crippen LogP contribution in [-0.4, -0.2) is 10.2 Å². The van der Waals surface area contributed by atoms with Crippen molar-refractivity contribution in [3.05, 3.63) is 28.1 Å². The molecule has 0 aromatic carbocycles. The molecule has 0 saturated carbocycles. The highest BCUT2D eigenvalue weighted by Crippen LogP contribution is 2.41. The maximum absolute atomic E-state index is 12.4. The third-order valence-electron chi connectivity index (χ3n) is 1.87. The number of H-pyrrole nitrogens is 1. The number of aromatic amines is 1. The zero-order valence-electron chi connectivity index (χ0n) is 7.58. The molecule has 0 bridgehead atoms. The summed E-state index contributed by atoms with van der Waals surface area (Å²) in [6, 6.07) is 3.21. The Balaban J connectivity index is 2.58. The Bertz CT molecular complexity index is 503. The summed E-state index contributed by atoms with van der Waals surface area (Å²) in [5.41, 5.74) is -1.99. The highest BCUT2D eigenvalue weighted by molar-refractivity contribution is 7.13. The summed E-state index contributed by atoms with van der Waals surface area (Å²) in [5, 5.41) is 9.33. The highest BCUT2D eigenvalue weighted by atomic mass is 32.1. The van der Waals surface area contributed by atoms with Crippen LogP contribution in [0.4, 0.5) is 18.9 Å². The monoisotopic (exact) mass is 247 g/mol. The van der Waals surface area contributed by atoms with Gasteiger partial charge in [-0.15, -0.1) is 16.2 Å². The number of rotatable bonds is 2. The Morgan fingerprint density at radius 3 is 2.69 bits per heavy atom. The van der Waals surface area contributed by atoms with E-state index in [0.717, 1.165) is 0 Å². The van der Waals surface area contributed by atoms with Gasteiger partial charge in [0.2, 0.25) is 0 Å². The smallest absolute Gasteiger partial charge is 0.271 e. The average Bonchev–Trinajstić information content (AvgIpc) is 2.84. The number of nitrogens with zero attached hydrogens (tertiary/aromatic N) is 2. The molecule has 0 amide bonds. The first-order chi connectivity index (χ1) is 7.54. The number of nitrogens with one attached hydrogen (secondary N) is 1. The normalized spacial score (nSPS) is 11.7. The van der Waals surface area contributed by atoms with Crippen LogP contribution in [0.2, 0.25) is 0 Å². The predicted molar refractivity (Wildman–Crippen MR) is 52.4 cm³/mol. The Kier molecular flexibility index (Phi) is 2.50. The fourth-order valence-electron chi connectivity index (χ4n) is 1.21. The van der Waals surface area contributed by atoms with Gasteiger partial charge in [0, 0.05) is 0 Å². The van der Waals surface area contributed by atoms with Crippen molar-refractivity contribution in [2.24, 2.45) is 5.18 Å². The number of aromatic nitrogens is 2. The molecular formula is C8H4F3N3OS. The van der Waals surface area contributed by atoms with E-state index in [0.29, 0.717) is 4.88 Å². The van der Waals surface area contributed by atoms with E-state index in [2.05, 4.69) is 10.3 Å². The van der Waals surface area contributed by atoms with Gasteiger partial charge in [-0.2, -0.15) is 18.3 Å². The lowest BCUT2D eigenvalue weighted by Crippen LogP contribution is -2.05. The molecule has 0 fully saturated rings. The van der Waals surface area contributed by atoms with Crippen molar-refractivity contribution >= 4 is 17.0 Å². The number of hydrogen-bond donors (Lipinski definition) is 1. The quantitative estimate of drug-likeness (QED) is 0.825. The predicted octanol–water partition coefficient (Wildman–Crippen LogP) is 3.55. The molecule has 0 atom stereocenters. The summed E-state index contributed by atoms with van der Waals surface area (Å²) in [5.74, 6) is 0. The van der Waals surface area contributed by atoms with E-state index in [1.165, 1.54) is 11.3 Å². The minimum absolute atomic E-state index is 0.0719. The Morgan fingerprint density at radius 1 is 1.44 bits per heavy atom. The van der Waals surface area contributed by atoms with Gasteiger partial charge in [0.25, 0.3) is 0 Å². The van der Waals surface area contributed by atoms with Crippen LogP contribution in [0.3, 0.4) is 0 Å². The van der Waals surface area contributed by atoms with Gasteiger partial charge in [0.15, 0.2) is 11.4 Å². The van der Waals surface area contributed by atoms with Crippen molar-refractivity contribution in [3.8, 4) is 10.6 Å². The molecule has 1 N–H and O–H groups in total. The summed E-state index contributed by atoms with van der Waals surface area (Å²) in [4.78, 5) is 10.9. The molecule has 2 rings (SSSR count). The van der Waals surface area contributed by atoms with Gasteiger partial charge in [0.1, 0.15) is 5.69 Å². The minimum Gasteiger partial charge on any atom is -0.271 e. The third-order valence-corrected chi connectivity index (χ3v) is 2.75. The van der Waals surface area contributed by atoms with Crippen LogP contribution in [0.25, 0.3) is 10.6 Å². The molecule has 2 aromatic rings. The molecule has 8 heteroatoms. The van der Waals surface area contributed by atoms with Crippen LogP contribution in [0.5, 0.6) is 0 Å². The topological polar surface area (TPSA) is 58.1 Å². The third kappa shape index (κ3) is 1.71. The lowest BCUT2D eigenvalue weighted by Gasteiger charge is -2.01. The van der Waals surface area contributed by atoms with Crippen LogP contribution in [0, 0.1) is 4.91 Å². The van der Waals surface area contributed by atoms with Crippen molar-refractivity contribution in [1.82, 2.24) is 10.2 Å². The van der Waals surface area contributed by atoms with Crippen molar-refractivity contribution in [2.75, 3.05) is 0 Å². The maximum Gasteiger partial charge on any atom is 0.435 e. The number of halogens is 3. The average molecular weight is 247 g/mol. The molecule has 2 heterocycles. The molecule has 0 saturated heterocycles. The van der Waals surface area contributed by atoms with Gasteiger partial charge in [-0.1, -0.05) is 6.07 Å². The molecule has 0 radical (unpaired) electrons. The molecule has 0 aliphatic rings. The molecule has 0 aliphatic carbocycles. The number of hydrogen-bond acceptors (Lipinski definition) is 4. The van der Waals surface area contributed by atoms with Crippen molar-refractivity contribution < 1.29 is 13.2 Å². The van der Waals surface area contributed by atoms with Crippen molar-refractivity contribution in [1.29, 1.82) is 0 Å². The Labute approximate surface area is 91.1 Å². The molecule has 16 heavy (non-hydrogen) atoms. The fraction of sp³-hybridized carbons (Fsp3) is 0.125. The zero-order chi connectivity index (χ0) is 11.8. The van der Waals surface area contributed by atoms with Gasteiger partial charge in [-0.3, -0.25) is 5.10 Å². The summed E-state index contributed by atoms with van der Waals surface area (Å²) in [6.07, 6.45) is -4.66. The van der Waals surface area contributed by atoms with Crippen LogP contribution < -0.4 is 0 Å². The summed E-state index contributed by atoms with van der Waals surface area (Å²) >= 11 is 1.18. The van der Waals surface area contributed by atoms with E-state index in [9.17, 15) is 18.1 Å². The lowest BCUT2D eigenvalue weighted by molar-refractivity contribution is -0.140. The van der Waals surface area contributed by atoms with E-state index < -0.39 is 17.6 Å². The van der Waals surface area contributed by atoms with E-state index in [-0.39, 0.29) is 5.69 Å². The second-order valence-electron chi connectivity index (χ2n) is 2.86. The van der Waals surface area contributed by atoms with Crippen LogP contribution in [0.1, 0.15) is 5.69 Å². The summed E-state index contributed by atoms with van der Waals surface area (Å²) in [6.45, 7) is 0. The van der Waals surface area contributed by atoms with Gasteiger partial charge in [-0.05, 0) is 16.6 Å². The second kappa shape index (κ2) is 3.71. The first-order valence-electron chi connectivity index (χ1n) is 4.07. The summed E-state index contributed by atoms with van der Waals surface area (Å²) < 4.78 is 37.3. The van der Waals surface area contributed by atoms with Crippen LogP contribution in [-0.2, 0) is 6.18 Å². The maximum atomic E-state index is 12.4. The number of thiophene rings is 1. The molecule has 0 spiro atoms. The second-order valence-corrected chi connectivity index (χ2v) is 3.81. The molecule has 4 nitrogen and oxygen atoms in total. The Morgan fingerprint density at radius 2 is 2.19 bits per heavy atom. The fourth-order valence-corrected chi connectivity index (χ4v) is 1.92. The first-order valence-corrected chi connectivity index (χ1v) is 4.95. The Hall–Kier alpha value is -1.70. The highest BCUT2D eigenvalue weighted by Gasteiger charge is 2.38. The van der Waals surface area contributed by atoms with Crippen molar-refractivity contribution in [2.45, 2.75) is 6.18 Å². The summed E-state index contributed by atoms with van der Waals surface area (Å²) in [7, 11) is 0. The van der Waals surface area contributed by atoms with E-state index in [4.69, 9.17) is 0 Å². The van der Waals surface area contributed by atoms with Gasteiger partial charge in [0.05, 0.1) is 4.88 Å². The van der Waals surface area contributed by atoms with Crippen LogP contribution >= 0.6 is 11.3 Å². The van der Waals surface area contributed by atoms with Gasteiger partial charge < -0.3 is 0 Å². The molecule has 0 unspecified atom stereocenters. The molecular weight excluding hydrogens is 243 g/mol. The van der Waals surface area contributed by atoms with Gasteiger partial charge >= 0.3 is 6.18 Å². The number of nitroso groups, excluding NO2 is 1. The van der Waals surface area contributed by atoms with Crippen LogP contribution in [0.15, 0.2) is 22.7 Å². The molecule has 2 aromatic heterocycles. The molecule has 84 valence electrons. The zero-order valence-corrected chi connectivity index (χ0v) is 8.39. The van der Waals surface area contributed by atoms with Crippen molar-refractivity contribution in [3.63, 3.8) is 0 Å². The molecule has 0 aliphatic heterocycles. The van der Waals surface area contributed by atoms with Gasteiger partial charge in [-0.25, -0.2) is 0 Å². The van der Waals surface area contributed by atoms with E-state index in [1.807, 2.05) is 0 Å². The standard InChI is InChI=1S/C8H4F3N3OS/c9-8(10,11)7-6(14-15)5(12-13-7)4-2-1-3-16-4/h1-3H,(H,12,13). The van der Waals surface area contributed by atoms with E-state index in [1.54, 1.807) is 22.6 Å². The minimum atomic E-state index is -4.66.